The molecule has 0 saturated carbocycles. The highest BCUT2D eigenvalue weighted by molar-refractivity contribution is 9.10. The normalized spacial score (nSPS) is 14.2. The van der Waals surface area contributed by atoms with Crippen molar-refractivity contribution in [3.8, 4) is 0 Å². The summed E-state index contributed by atoms with van der Waals surface area (Å²) in [5, 5.41) is 3.35. The topological polar surface area (TPSA) is 45.2 Å². The molecule has 0 fully saturated rings. The van der Waals surface area contributed by atoms with Crippen molar-refractivity contribution in [2.24, 2.45) is 0 Å². The molecular weight excluding hydrogens is 318 g/mol. The number of benzene rings is 1. The first-order valence-corrected chi connectivity index (χ1v) is 7.32. The highest BCUT2D eigenvalue weighted by atomic mass is 79.9. The van der Waals surface area contributed by atoms with E-state index >= 15 is 0 Å². The SMILES string of the molecule is O=C(c1ncccc1Br)N1CCCNc2ccccc21. The zero-order valence-electron chi connectivity index (χ0n) is 10.8. The van der Waals surface area contributed by atoms with Crippen LogP contribution in [0.5, 0.6) is 0 Å². The van der Waals surface area contributed by atoms with Crippen LogP contribution >= 0.6 is 15.9 Å². The Kier molecular flexibility index (Phi) is 3.69. The largest absolute Gasteiger partial charge is 0.383 e. The third-order valence-corrected chi connectivity index (χ3v) is 3.91. The minimum Gasteiger partial charge on any atom is -0.383 e. The fraction of sp³-hybridized carbons (Fsp3) is 0.200. The predicted octanol–water partition coefficient (Wildman–Crippen LogP) is 3.31. The molecule has 2 heterocycles. The van der Waals surface area contributed by atoms with Crippen LogP contribution in [0.2, 0.25) is 0 Å². The smallest absolute Gasteiger partial charge is 0.278 e. The Morgan fingerprint density at radius 1 is 1.25 bits per heavy atom. The summed E-state index contributed by atoms with van der Waals surface area (Å²) in [6.07, 6.45) is 2.55. The maximum atomic E-state index is 12.7. The highest BCUT2D eigenvalue weighted by Gasteiger charge is 2.24. The van der Waals surface area contributed by atoms with Gasteiger partial charge in [0.05, 0.1) is 11.4 Å². The molecule has 2 aromatic rings. The summed E-state index contributed by atoms with van der Waals surface area (Å²) < 4.78 is 0.722. The van der Waals surface area contributed by atoms with Gasteiger partial charge in [0.15, 0.2) is 0 Å². The first-order valence-electron chi connectivity index (χ1n) is 6.52. The number of carbonyl (C=O) groups is 1. The molecule has 1 aromatic heterocycles. The van der Waals surface area contributed by atoms with Crippen LogP contribution in [0.15, 0.2) is 47.1 Å². The Labute approximate surface area is 126 Å². The maximum absolute atomic E-state index is 12.7. The van der Waals surface area contributed by atoms with Gasteiger partial charge in [0.1, 0.15) is 5.69 Å². The lowest BCUT2D eigenvalue weighted by Crippen LogP contribution is -2.32. The number of carbonyl (C=O) groups excluding carboxylic acids is 1. The molecule has 1 N–H and O–H groups in total. The van der Waals surface area contributed by atoms with E-state index in [9.17, 15) is 4.79 Å². The zero-order valence-corrected chi connectivity index (χ0v) is 12.4. The van der Waals surface area contributed by atoms with Crippen molar-refractivity contribution in [3.05, 3.63) is 52.8 Å². The van der Waals surface area contributed by atoms with Crippen molar-refractivity contribution in [1.29, 1.82) is 0 Å². The number of fused-ring (bicyclic) bond motifs is 1. The number of hydrogen-bond donors (Lipinski definition) is 1. The number of para-hydroxylation sites is 2. The first kappa shape index (κ1) is 13.1. The van der Waals surface area contributed by atoms with E-state index in [1.54, 1.807) is 17.2 Å². The van der Waals surface area contributed by atoms with Crippen LogP contribution in [0.1, 0.15) is 16.9 Å². The molecule has 0 bridgehead atoms. The summed E-state index contributed by atoms with van der Waals surface area (Å²) >= 11 is 3.40. The van der Waals surface area contributed by atoms with Crippen molar-refractivity contribution < 1.29 is 4.79 Å². The summed E-state index contributed by atoms with van der Waals surface area (Å²) in [4.78, 5) is 18.7. The van der Waals surface area contributed by atoms with Gasteiger partial charge in [-0.3, -0.25) is 4.79 Å². The number of aromatic nitrogens is 1. The van der Waals surface area contributed by atoms with E-state index in [0.29, 0.717) is 12.2 Å². The number of anilines is 2. The molecule has 0 radical (unpaired) electrons. The molecule has 0 saturated heterocycles. The van der Waals surface area contributed by atoms with Crippen LogP contribution in [0.25, 0.3) is 0 Å². The fourth-order valence-electron chi connectivity index (χ4n) is 2.32. The van der Waals surface area contributed by atoms with Gasteiger partial charge in [-0.05, 0) is 46.6 Å². The van der Waals surface area contributed by atoms with Crippen molar-refractivity contribution >= 4 is 33.2 Å². The van der Waals surface area contributed by atoms with Crippen LogP contribution in [0, 0.1) is 0 Å². The van der Waals surface area contributed by atoms with E-state index in [0.717, 1.165) is 28.8 Å². The Balaban J connectivity index is 2.02. The Morgan fingerprint density at radius 3 is 2.95 bits per heavy atom. The minimum absolute atomic E-state index is 0.0753. The third-order valence-electron chi connectivity index (χ3n) is 3.27. The molecule has 3 rings (SSSR count). The lowest BCUT2D eigenvalue weighted by Gasteiger charge is -2.22. The molecule has 1 aromatic carbocycles. The van der Waals surface area contributed by atoms with Crippen LogP contribution in [0.3, 0.4) is 0 Å². The van der Waals surface area contributed by atoms with Crippen LogP contribution in [0.4, 0.5) is 11.4 Å². The molecule has 1 aliphatic rings. The van der Waals surface area contributed by atoms with Crippen molar-refractivity contribution in [3.63, 3.8) is 0 Å². The first-order chi connectivity index (χ1) is 9.77. The van der Waals surface area contributed by atoms with E-state index in [-0.39, 0.29) is 5.91 Å². The second-order valence-electron chi connectivity index (χ2n) is 4.59. The molecule has 0 unspecified atom stereocenters. The molecule has 5 heteroatoms. The van der Waals surface area contributed by atoms with E-state index in [1.807, 2.05) is 30.3 Å². The van der Waals surface area contributed by atoms with Gasteiger partial charge in [-0.2, -0.15) is 0 Å². The number of nitrogens with one attached hydrogen (secondary N) is 1. The van der Waals surface area contributed by atoms with Crippen molar-refractivity contribution in [2.75, 3.05) is 23.3 Å². The molecule has 4 nitrogen and oxygen atoms in total. The number of pyridine rings is 1. The molecule has 0 spiro atoms. The number of rotatable bonds is 1. The number of amides is 1. The molecular formula is C15H14BrN3O. The lowest BCUT2D eigenvalue weighted by molar-refractivity contribution is 0.0981. The van der Waals surface area contributed by atoms with Gasteiger partial charge >= 0.3 is 0 Å². The average molecular weight is 332 g/mol. The van der Waals surface area contributed by atoms with Gasteiger partial charge < -0.3 is 10.2 Å². The predicted molar refractivity (Wildman–Crippen MR) is 83.2 cm³/mol. The van der Waals surface area contributed by atoms with Gasteiger partial charge in [-0.15, -0.1) is 0 Å². The summed E-state index contributed by atoms with van der Waals surface area (Å²) in [5.41, 5.74) is 2.35. The summed E-state index contributed by atoms with van der Waals surface area (Å²) in [6.45, 7) is 1.55. The number of halogens is 1. The fourth-order valence-corrected chi connectivity index (χ4v) is 2.75. The minimum atomic E-state index is -0.0753. The number of nitrogens with zero attached hydrogens (tertiary/aromatic N) is 2. The van der Waals surface area contributed by atoms with E-state index in [4.69, 9.17) is 0 Å². The Bertz CT molecular complexity index is 645. The van der Waals surface area contributed by atoms with Gasteiger partial charge in [0.25, 0.3) is 5.91 Å². The molecule has 20 heavy (non-hydrogen) atoms. The van der Waals surface area contributed by atoms with Crippen LogP contribution in [-0.2, 0) is 0 Å². The van der Waals surface area contributed by atoms with Crippen molar-refractivity contribution in [1.82, 2.24) is 4.98 Å². The Morgan fingerprint density at radius 2 is 2.10 bits per heavy atom. The maximum Gasteiger partial charge on any atom is 0.278 e. The van der Waals surface area contributed by atoms with E-state index < -0.39 is 0 Å². The molecule has 0 atom stereocenters. The molecule has 1 aliphatic heterocycles. The summed E-state index contributed by atoms with van der Waals surface area (Å²) in [7, 11) is 0. The quantitative estimate of drug-likeness (QED) is 0.871. The van der Waals surface area contributed by atoms with Crippen LogP contribution < -0.4 is 10.2 Å². The van der Waals surface area contributed by atoms with Gasteiger partial charge in [-0.1, -0.05) is 12.1 Å². The molecule has 102 valence electrons. The van der Waals surface area contributed by atoms with E-state index in [2.05, 4.69) is 26.2 Å². The summed E-state index contributed by atoms with van der Waals surface area (Å²) in [5.74, 6) is -0.0753. The van der Waals surface area contributed by atoms with Gasteiger partial charge in [0, 0.05) is 23.8 Å². The second kappa shape index (κ2) is 5.63. The van der Waals surface area contributed by atoms with Gasteiger partial charge in [0.2, 0.25) is 0 Å². The molecule has 1 amide bonds. The van der Waals surface area contributed by atoms with Crippen LogP contribution in [-0.4, -0.2) is 24.0 Å². The highest BCUT2D eigenvalue weighted by Crippen LogP contribution is 2.29. The zero-order chi connectivity index (χ0) is 13.9. The van der Waals surface area contributed by atoms with E-state index in [1.165, 1.54) is 0 Å². The molecule has 0 aliphatic carbocycles. The average Bonchev–Trinajstić information content (AvgIpc) is 2.69. The third kappa shape index (κ3) is 2.41. The summed E-state index contributed by atoms with van der Waals surface area (Å²) in [6, 6.07) is 11.5. The van der Waals surface area contributed by atoms with Crippen molar-refractivity contribution in [2.45, 2.75) is 6.42 Å². The second-order valence-corrected chi connectivity index (χ2v) is 5.44. The standard InChI is InChI=1S/C15H14BrN3O/c16-11-5-3-8-18-14(11)15(20)19-10-4-9-17-12-6-1-2-7-13(12)19/h1-3,5-8,17H,4,9-10H2. The monoisotopic (exact) mass is 331 g/mol. The van der Waals surface area contributed by atoms with Gasteiger partial charge in [-0.25, -0.2) is 4.98 Å². The lowest BCUT2D eigenvalue weighted by atomic mass is 10.2. The number of hydrogen-bond acceptors (Lipinski definition) is 3. The Hall–Kier alpha value is -1.88.